The highest BCUT2D eigenvalue weighted by atomic mass is 32.2. The summed E-state index contributed by atoms with van der Waals surface area (Å²) in [4.78, 5) is 0. The number of rotatable bonds is 2. The van der Waals surface area contributed by atoms with Crippen LogP contribution in [0.4, 0.5) is 0 Å². The minimum Gasteiger partial charge on any atom is -0.375 e. The molecule has 82 valence electrons. The van der Waals surface area contributed by atoms with Crippen LogP contribution >= 0.6 is 11.8 Å². The molecular formula is C10H20N2OS. The first-order valence-corrected chi connectivity index (χ1v) is 6.65. The summed E-state index contributed by atoms with van der Waals surface area (Å²) in [6, 6.07) is 0. The van der Waals surface area contributed by atoms with Gasteiger partial charge in [0.25, 0.3) is 0 Å². The summed E-state index contributed by atoms with van der Waals surface area (Å²) >= 11 is 2.06. The zero-order chi connectivity index (χ0) is 9.86. The van der Waals surface area contributed by atoms with E-state index in [9.17, 15) is 0 Å². The molecule has 2 saturated heterocycles. The number of thioether (sulfide) groups is 1. The fourth-order valence-electron chi connectivity index (χ4n) is 2.56. The van der Waals surface area contributed by atoms with Crippen LogP contribution in [0.1, 0.15) is 25.7 Å². The van der Waals surface area contributed by atoms with Crippen molar-refractivity contribution in [2.75, 3.05) is 24.7 Å². The summed E-state index contributed by atoms with van der Waals surface area (Å²) in [5.74, 6) is 8.63. The van der Waals surface area contributed by atoms with E-state index in [0.717, 1.165) is 19.1 Å². The third-order valence-electron chi connectivity index (χ3n) is 3.41. The van der Waals surface area contributed by atoms with E-state index >= 15 is 0 Å². The van der Waals surface area contributed by atoms with Crippen molar-refractivity contribution in [3.63, 3.8) is 0 Å². The summed E-state index contributed by atoms with van der Waals surface area (Å²) in [5, 5.41) is 0. The van der Waals surface area contributed by atoms with Crippen molar-refractivity contribution in [2.45, 2.75) is 31.3 Å². The van der Waals surface area contributed by atoms with Crippen molar-refractivity contribution < 1.29 is 4.74 Å². The van der Waals surface area contributed by atoms with Crippen LogP contribution < -0.4 is 11.3 Å². The average Bonchev–Trinajstić information content (AvgIpc) is 2.19. The molecule has 2 heterocycles. The zero-order valence-corrected chi connectivity index (χ0v) is 9.44. The monoisotopic (exact) mass is 216 g/mol. The third-order valence-corrected chi connectivity index (χ3v) is 4.39. The molecule has 0 aromatic carbocycles. The van der Waals surface area contributed by atoms with E-state index in [4.69, 9.17) is 10.6 Å². The number of ether oxygens (including phenoxy) is 1. The quantitative estimate of drug-likeness (QED) is 0.537. The standard InChI is InChI=1S/C10H20N2OS/c11-12-8-9-1-4-13-10(7-9)2-5-14-6-3-10/h9,12H,1-8,11H2. The molecule has 1 spiro atoms. The Balaban J connectivity index is 1.91. The fraction of sp³-hybridized carbons (Fsp3) is 1.00. The van der Waals surface area contributed by atoms with Gasteiger partial charge in [0, 0.05) is 13.2 Å². The van der Waals surface area contributed by atoms with E-state index in [0.29, 0.717) is 0 Å². The number of hydrogen-bond donors (Lipinski definition) is 2. The van der Waals surface area contributed by atoms with Gasteiger partial charge in [0.15, 0.2) is 0 Å². The van der Waals surface area contributed by atoms with E-state index in [1.54, 1.807) is 0 Å². The second kappa shape index (κ2) is 4.84. The van der Waals surface area contributed by atoms with Crippen molar-refractivity contribution in [3.05, 3.63) is 0 Å². The number of hydrazine groups is 1. The van der Waals surface area contributed by atoms with Crippen molar-refractivity contribution >= 4 is 11.8 Å². The molecule has 3 nitrogen and oxygen atoms in total. The second-order valence-electron chi connectivity index (χ2n) is 4.41. The maximum absolute atomic E-state index is 6.00. The first kappa shape index (κ1) is 10.7. The van der Waals surface area contributed by atoms with Crippen molar-refractivity contribution in [3.8, 4) is 0 Å². The summed E-state index contributed by atoms with van der Waals surface area (Å²) < 4.78 is 6.00. The molecule has 2 aliphatic rings. The topological polar surface area (TPSA) is 47.3 Å². The Bertz CT molecular complexity index is 175. The van der Waals surface area contributed by atoms with Crippen LogP contribution in [-0.2, 0) is 4.74 Å². The van der Waals surface area contributed by atoms with Crippen molar-refractivity contribution in [1.29, 1.82) is 0 Å². The van der Waals surface area contributed by atoms with Gasteiger partial charge in [-0.3, -0.25) is 11.3 Å². The van der Waals surface area contributed by atoms with Crippen LogP contribution in [0.15, 0.2) is 0 Å². The Hall–Kier alpha value is 0.230. The molecular weight excluding hydrogens is 196 g/mol. The average molecular weight is 216 g/mol. The predicted octanol–water partition coefficient (Wildman–Crippen LogP) is 1.14. The Kier molecular flexibility index (Phi) is 3.71. The van der Waals surface area contributed by atoms with E-state index in [1.165, 1.54) is 37.2 Å². The Labute approximate surface area is 90.1 Å². The molecule has 0 aromatic heterocycles. The normalized spacial score (nSPS) is 31.9. The molecule has 0 aromatic rings. The Morgan fingerprint density at radius 3 is 2.93 bits per heavy atom. The molecule has 0 aliphatic carbocycles. The minimum atomic E-state index is 0.213. The number of hydrogen-bond acceptors (Lipinski definition) is 4. The lowest BCUT2D eigenvalue weighted by molar-refractivity contribution is -0.101. The molecule has 0 saturated carbocycles. The maximum atomic E-state index is 6.00. The third kappa shape index (κ3) is 2.42. The molecule has 2 aliphatic heterocycles. The van der Waals surface area contributed by atoms with Crippen molar-refractivity contribution in [1.82, 2.24) is 5.43 Å². The molecule has 1 unspecified atom stereocenters. The van der Waals surface area contributed by atoms with Gasteiger partial charge in [-0.1, -0.05) is 0 Å². The fourth-order valence-corrected chi connectivity index (χ4v) is 3.80. The van der Waals surface area contributed by atoms with Crippen LogP contribution in [0, 0.1) is 5.92 Å². The zero-order valence-electron chi connectivity index (χ0n) is 8.63. The highest BCUT2D eigenvalue weighted by Gasteiger charge is 2.38. The van der Waals surface area contributed by atoms with Gasteiger partial charge in [-0.15, -0.1) is 0 Å². The van der Waals surface area contributed by atoms with Crippen LogP contribution in [-0.4, -0.2) is 30.3 Å². The molecule has 0 amide bonds. The maximum Gasteiger partial charge on any atom is 0.0701 e. The molecule has 4 heteroatoms. The van der Waals surface area contributed by atoms with Gasteiger partial charge in [0.05, 0.1) is 5.60 Å². The Morgan fingerprint density at radius 2 is 2.21 bits per heavy atom. The summed E-state index contributed by atoms with van der Waals surface area (Å²) in [5.41, 5.74) is 3.01. The second-order valence-corrected chi connectivity index (χ2v) is 5.64. The lowest BCUT2D eigenvalue weighted by Gasteiger charge is -2.43. The van der Waals surface area contributed by atoms with E-state index in [-0.39, 0.29) is 5.60 Å². The molecule has 2 fully saturated rings. The summed E-state index contributed by atoms with van der Waals surface area (Å²) in [7, 11) is 0. The lowest BCUT2D eigenvalue weighted by atomic mass is 9.82. The van der Waals surface area contributed by atoms with E-state index in [2.05, 4.69) is 17.2 Å². The first-order chi connectivity index (χ1) is 6.85. The van der Waals surface area contributed by atoms with Gasteiger partial charge in [0.1, 0.15) is 0 Å². The smallest absolute Gasteiger partial charge is 0.0701 e. The largest absolute Gasteiger partial charge is 0.375 e. The number of nitrogens with two attached hydrogens (primary N) is 1. The Morgan fingerprint density at radius 1 is 1.43 bits per heavy atom. The first-order valence-electron chi connectivity index (χ1n) is 5.50. The van der Waals surface area contributed by atoms with Crippen LogP contribution in [0.5, 0.6) is 0 Å². The highest BCUT2D eigenvalue weighted by Crippen LogP contribution is 2.39. The molecule has 2 rings (SSSR count). The van der Waals surface area contributed by atoms with Crippen LogP contribution in [0.25, 0.3) is 0 Å². The van der Waals surface area contributed by atoms with Gasteiger partial charge < -0.3 is 4.74 Å². The van der Waals surface area contributed by atoms with Gasteiger partial charge >= 0.3 is 0 Å². The van der Waals surface area contributed by atoms with Crippen LogP contribution in [0.3, 0.4) is 0 Å². The van der Waals surface area contributed by atoms with E-state index in [1.807, 2.05) is 0 Å². The van der Waals surface area contributed by atoms with Gasteiger partial charge in [-0.05, 0) is 43.1 Å². The number of nitrogens with one attached hydrogen (secondary N) is 1. The van der Waals surface area contributed by atoms with Crippen LogP contribution in [0.2, 0.25) is 0 Å². The van der Waals surface area contributed by atoms with Gasteiger partial charge in [-0.2, -0.15) is 11.8 Å². The van der Waals surface area contributed by atoms with E-state index < -0.39 is 0 Å². The molecule has 0 radical (unpaired) electrons. The van der Waals surface area contributed by atoms with Crippen molar-refractivity contribution in [2.24, 2.45) is 11.8 Å². The molecule has 3 N–H and O–H groups in total. The minimum absolute atomic E-state index is 0.213. The highest BCUT2D eigenvalue weighted by molar-refractivity contribution is 7.99. The molecule has 0 bridgehead atoms. The van der Waals surface area contributed by atoms with Gasteiger partial charge in [-0.25, -0.2) is 0 Å². The van der Waals surface area contributed by atoms with Gasteiger partial charge in [0.2, 0.25) is 0 Å². The summed E-state index contributed by atoms with van der Waals surface area (Å²) in [6.45, 7) is 1.87. The summed E-state index contributed by atoms with van der Waals surface area (Å²) in [6.07, 6.45) is 4.84. The molecule has 1 atom stereocenters. The lowest BCUT2D eigenvalue weighted by Crippen LogP contribution is -2.45. The predicted molar refractivity (Wildman–Crippen MR) is 60.2 cm³/mol. The SMILES string of the molecule is NNCC1CCOC2(CCSCC2)C1. The molecule has 14 heavy (non-hydrogen) atoms.